The number of carbonyl (C=O) groups is 2. The summed E-state index contributed by atoms with van der Waals surface area (Å²) in [7, 11) is 0. The minimum Gasteiger partial charge on any atom is -0.491 e. The Labute approximate surface area is 172 Å². The summed E-state index contributed by atoms with van der Waals surface area (Å²) in [5.74, 6) is 0.807. The summed E-state index contributed by atoms with van der Waals surface area (Å²) in [6.07, 6.45) is 4.07. The fourth-order valence-corrected chi connectivity index (χ4v) is 5.25. The second-order valence-corrected chi connectivity index (χ2v) is 8.25. The Morgan fingerprint density at radius 1 is 1.17 bits per heavy atom. The molecule has 0 aromatic heterocycles. The van der Waals surface area contributed by atoms with Gasteiger partial charge in [-0.15, -0.1) is 0 Å². The summed E-state index contributed by atoms with van der Waals surface area (Å²) in [6, 6.07) is 10.2. The molecule has 3 heterocycles. The van der Waals surface area contributed by atoms with Gasteiger partial charge in [0.1, 0.15) is 19.0 Å². The molecule has 3 atom stereocenters. The summed E-state index contributed by atoms with van der Waals surface area (Å²) in [4.78, 5) is 28.4. The lowest BCUT2D eigenvalue weighted by atomic mass is 9.71. The number of allylic oxidation sites excluding steroid dienone is 1. The number of fused-ring (bicyclic) bond motifs is 2. The smallest absolute Gasteiger partial charge is 0.293 e. The second-order valence-electron chi connectivity index (χ2n) is 8.25. The lowest BCUT2D eigenvalue weighted by Crippen LogP contribution is -2.50. The van der Waals surface area contributed by atoms with E-state index in [1.54, 1.807) is 6.92 Å². The van der Waals surface area contributed by atoms with Crippen molar-refractivity contribution in [1.29, 1.82) is 0 Å². The molecule has 4 rings (SSSR count). The maximum atomic E-state index is 13.3. The third kappa shape index (κ3) is 3.49. The van der Waals surface area contributed by atoms with Crippen LogP contribution >= 0.6 is 0 Å². The molecule has 2 amide bonds. The molecule has 0 saturated carbocycles. The van der Waals surface area contributed by atoms with Gasteiger partial charge in [-0.1, -0.05) is 37.3 Å². The molecule has 0 spiro atoms. The van der Waals surface area contributed by atoms with Gasteiger partial charge in [0.15, 0.2) is 0 Å². The van der Waals surface area contributed by atoms with Gasteiger partial charge in [0.25, 0.3) is 5.91 Å². The van der Waals surface area contributed by atoms with Crippen molar-refractivity contribution in [3.63, 3.8) is 0 Å². The van der Waals surface area contributed by atoms with E-state index in [0.29, 0.717) is 31.3 Å². The zero-order chi connectivity index (χ0) is 20.4. The first-order valence-corrected chi connectivity index (χ1v) is 10.7. The summed E-state index contributed by atoms with van der Waals surface area (Å²) < 4.78 is 11.1. The first-order valence-electron chi connectivity index (χ1n) is 10.7. The van der Waals surface area contributed by atoms with Crippen LogP contribution in [-0.2, 0) is 25.5 Å². The van der Waals surface area contributed by atoms with Gasteiger partial charge < -0.3 is 19.7 Å². The standard InChI is InChI=1S/C23H30N2O4/c1-3-23(22(27)24-12-11-17-7-5-4-6-8-17)15-18-9-10-19(23)25(18)21(26)20-16(2)28-13-14-29-20/h4-8,18-19H,3,9-15H2,1-2H3,(H,24,27)/t18-,19+,23+/m1/s1. The largest absolute Gasteiger partial charge is 0.491 e. The highest BCUT2D eigenvalue weighted by atomic mass is 16.6. The van der Waals surface area contributed by atoms with E-state index in [9.17, 15) is 9.59 Å². The zero-order valence-corrected chi connectivity index (χ0v) is 17.3. The van der Waals surface area contributed by atoms with Crippen LogP contribution in [0, 0.1) is 5.41 Å². The highest BCUT2D eigenvalue weighted by molar-refractivity contribution is 5.94. The molecular weight excluding hydrogens is 368 g/mol. The topological polar surface area (TPSA) is 67.9 Å². The van der Waals surface area contributed by atoms with Gasteiger partial charge in [-0.25, -0.2) is 0 Å². The molecule has 2 saturated heterocycles. The molecule has 1 aromatic carbocycles. The van der Waals surface area contributed by atoms with Crippen LogP contribution in [0.5, 0.6) is 0 Å². The normalized spacial score (nSPS) is 28.1. The molecule has 6 nitrogen and oxygen atoms in total. The molecule has 29 heavy (non-hydrogen) atoms. The third-order valence-corrected chi connectivity index (χ3v) is 6.76. The maximum absolute atomic E-state index is 13.3. The van der Waals surface area contributed by atoms with Crippen LogP contribution in [-0.4, -0.2) is 48.6 Å². The van der Waals surface area contributed by atoms with Crippen LogP contribution in [0.3, 0.4) is 0 Å². The number of amides is 2. The van der Waals surface area contributed by atoms with Crippen LogP contribution in [0.15, 0.2) is 41.9 Å². The third-order valence-electron chi connectivity index (χ3n) is 6.76. The predicted molar refractivity (Wildman–Crippen MR) is 109 cm³/mol. The fourth-order valence-electron chi connectivity index (χ4n) is 5.25. The summed E-state index contributed by atoms with van der Waals surface area (Å²) >= 11 is 0. The van der Waals surface area contributed by atoms with Crippen LogP contribution in [0.1, 0.15) is 45.1 Å². The van der Waals surface area contributed by atoms with Crippen molar-refractivity contribution in [1.82, 2.24) is 10.2 Å². The molecule has 6 heteroatoms. The number of benzene rings is 1. The van der Waals surface area contributed by atoms with E-state index < -0.39 is 5.41 Å². The number of ether oxygens (including phenoxy) is 2. The zero-order valence-electron chi connectivity index (χ0n) is 17.3. The van der Waals surface area contributed by atoms with Crippen molar-refractivity contribution in [3.8, 4) is 0 Å². The summed E-state index contributed by atoms with van der Waals surface area (Å²) in [5, 5.41) is 3.15. The van der Waals surface area contributed by atoms with Crippen molar-refractivity contribution < 1.29 is 19.1 Å². The predicted octanol–water partition coefficient (Wildman–Crippen LogP) is 2.78. The highest BCUT2D eigenvalue weighted by Crippen LogP contribution is 2.52. The van der Waals surface area contributed by atoms with E-state index in [-0.39, 0.29) is 23.9 Å². The van der Waals surface area contributed by atoms with Crippen molar-refractivity contribution in [2.75, 3.05) is 19.8 Å². The Bertz CT molecular complexity index is 806. The minimum atomic E-state index is -0.515. The first kappa shape index (κ1) is 19.8. The SMILES string of the molecule is CC[C@]1(C(=O)NCCc2ccccc2)C[C@H]2CC[C@@H]1N2C(=O)C1=C(C)OCCO1. The second kappa shape index (κ2) is 8.09. The van der Waals surface area contributed by atoms with E-state index >= 15 is 0 Å². The Morgan fingerprint density at radius 3 is 2.66 bits per heavy atom. The Morgan fingerprint density at radius 2 is 1.93 bits per heavy atom. The van der Waals surface area contributed by atoms with Gasteiger partial charge in [0.2, 0.25) is 11.7 Å². The van der Waals surface area contributed by atoms with Crippen LogP contribution in [0.4, 0.5) is 0 Å². The average molecular weight is 399 g/mol. The molecule has 2 bridgehead atoms. The van der Waals surface area contributed by atoms with Gasteiger partial charge in [-0.05, 0) is 44.6 Å². The molecule has 3 aliphatic heterocycles. The van der Waals surface area contributed by atoms with Crippen molar-refractivity contribution in [2.45, 2.75) is 58.0 Å². The van der Waals surface area contributed by atoms with Gasteiger partial charge in [0, 0.05) is 18.6 Å². The Balaban J connectivity index is 1.46. The molecule has 0 aliphatic carbocycles. The van der Waals surface area contributed by atoms with E-state index in [1.807, 2.05) is 23.1 Å². The number of hydrogen-bond donors (Lipinski definition) is 1. The van der Waals surface area contributed by atoms with E-state index in [0.717, 1.165) is 32.1 Å². The molecular formula is C23H30N2O4. The number of hydrogen-bond acceptors (Lipinski definition) is 4. The Kier molecular flexibility index (Phi) is 5.52. The van der Waals surface area contributed by atoms with Crippen molar-refractivity contribution in [2.24, 2.45) is 5.41 Å². The summed E-state index contributed by atoms with van der Waals surface area (Å²) in [5.41, 5.74) is 0.694. The van der Waals surface area contributed by atoms with Gasteiger partial charge in [-0.2, -0.15) is 0 Å². The molecule has 0 radical (unpaired) electrons. The van der Waals surface area contributed by atoms with Gasteiger partial charge >= 0.3 is 0 Å². The maximum Gasteiger partial charge on any atom is 0.293 e. The van der Waals surface area contributed by atoms with Crippen LogP contribution in [0.25, 0.3) is 0 Å². The van der Waals surface area contributed by atoms with Crippen LogP contribution < -0.4 is 5.32 Å². The molecule has 1 N–H and O–H groups in total. The van der Waals surface area contributed by atoms with Crippen LogP contribution in [0.2, 0.25) is 0 Å². The fraction of sp³-hybridized carbons (Fsp3) is 0.565. The number of rotatable bonds is 6. The molecule has 1 aromatic rings. The summed E-state index contributed by atoms with van der Waals surface area (Å²) in [6.45, 7) is 5.30. The number of nitrogens with one attached hydrogen (secondary N) is 1. The number of nitrogens with zero attached hydrogens (tertiary/aromatic N) is 1. The van der Waals surface area contributed by atoms with Crippen molar-refractivity contribution in [3.05, 3.63) is 47.4 Å². The van der Waals surface area contributed by atoms with Crippen molar-refractivity contribution >= 4 is 11.8 Å². The molecule has 2 fully saturated rings. The van der Waals surface area contributed by atoms with Gasteiger partial charge in [0.05, 0.1) is 5.41 Å². The lowest BCUT2D eigenvalue weighted by molar-refractivity contribution is -0.137. The average Bonchev–Trinajstić information content (AvgIpc) is 3.31. The monoisotopic (exact) mass is 398 g/mol. The lowest BCUT2D eigenvalue weighted by Gasteiger charge is -2.35. The van der Waals surface area contributed by atoms with E-state index in [1.165, 1.54) is 5.56 Å². The number of carbonyl (C=O) groups excluding carboxylic acids is 2. The van der Waals surface area contributed by atoms with E-state index in [2.05, 4.69) is 24.4 Å². The molecule has 0 unspecified atom stereocenters. The quantitative estimate of drug-likeness (QED) is 0.800. The van der Waals surface area contributed by atoms with Gasteiger partial charge in [-0.3, -0.25) is 9.59 Å². The Hall–Kier alpha value is -2.50. The molecule has 156 valence electrons. The van der Waals surface area contributed by atoms with E-state index in [4.69, 9.17) is 9.47 Å². The highest BCUT2D eigenvalue weighted by Gasteiger charge is 2.60. The first-order chi connectivity index (χ1) is 14.1. The molecule has 3 aliphatic rings. The minimum absolute atomic E-state index is 0.0763.